The van der Waals surface area contributed by atoms with Crippen molar-refractivity contribution in [1.82, 2.24) is 0 Å². The summed E-state index contributed by atoms with van der Waals surface area (Å²) in [6.45, 7) is 0. The van der Waals surface area contributed by atoms with Gasteiger partial charge < -0.3 is 10.6 Å². The van der Waals surface area contributed by atoms with Crippen LogP contribution in [-0.2, 0) is 0 Å². The van der Waals surface area contributed by atoms with Crippen LogP contribution in [0.5, 0.6) is 0 Å². The highest BCUT2D eigenvalue weighted by atomic mass is 19.1. The molecule has 0 radical (unpaired) electrons. The smallest absolute Gasteiger partial charge is 0.308 e. The highest BCUT2D eigenvalue weighted by Crippen LogP contribution is 2.19. The first kappa shape index (κ1) is 13.1. The van der Waals surface area contributed by atoms with E-state index in [0.29, 0.717) is 11.4 Å². The summed E-state index contributed by atoms with van der Waals surface area (Å²) in [4.78, 5) is 11.9. The van der Waals surface area contributed by atoms with Crippen LogP contribution in [-0.4, -0.2) is 6.03 Å². The predicted molar refractivity (Wildman–Crippen MR) is 83.0 cm³/mol. The maximum absolute atomic E-state index is 12.8. The molecule has 0 spiro atoms. The lowest BCUT2D eigenvalue weighted by atomic mass is 10.1. The molecule has 3 aromatic rings. The second-order valence-corrected chi connectivity index (χ2v) is 4.65. The van der Waals surface area contributed by atoms with Crippen LogP contribution in [0.4, 0.5) is 20.6 Å². The molecule has 0 aliphatic carbocycles. The average molecular weight is 280 g/mol. The van der Waals surface area contributed by atoms with Crippen LogP contribution in [0.15, 0.2) is 66.7 Å². The lowest BCUT2D eigenvalue weighted by Gasteiger charge is -2.08. The van der Waals surface area contributed by atoms with E-state index in [0.717, 1.165) is 10.8 Å². The van der Waals surface area contributed by atoms with Crippen molar-refractivity contribution >= 4 is 28.2 Å². The van der Waals surface area contributed by atoms with Gasteiger partial charge in [0.15, 0.2) is 0 Å². The van der Waals surface area contributed by atoms with Crippen molar-refractivity contribution in [3.05, 3.63) is 72.5 Å². The van der Waals surface area contributed by atoms with E-state index in [1.807, 2.05) is 42.5 Å². The molecule has 0 saturated heterocycles. The van der Waals surface area contributed by atoms with E-state index in [-0.39, 0.29) is 11.8 Å². The molecule has 0 saturated carbocycles. The Morgan fingerprint density at radius 3 is 2.14 bits per heavy atom. The topological polar surface area (TPSA) is 41.1 Å². The molecule has 2 amide bonds. The Morgan fingerprint density at radius 1 is 0.762 bits per heavy atom. The molecule has 0 heterocycles. The Hall–Kier alpha value is -2.88. The molecule has 4 heteroatoms. The minimum absolute atomic E-state index is 0.338. The van der Waals surface area contributed by atoms with Crippen LogP contribution < -0.4 is 10.6 Å². The van der Waals surface area contributed by atoms with Gasteiger partial charge in [0.1, 0.15) is 5.82 Å². The summed E-state index contributed by atoms with van der Waals surface area (Å²) >= 11 is 0. The molecule has 0 aromatic heterocycles. The van der Waals surface area contributed by atoms with Crippen molar-refractivity contribution in [3.63, 3.8) is 0 Å². The van der Waals surface area contributed by atoms with Crippen LogP contribution in [0.25, 0.3) is 10.8 Å². The Bertz CT molecular complexity index is 784. The standard InChI is InChI=1S/C17H13FN2O/c18-14-6-9-15(10-7-14)19-17(21)20-16-8-5-12-3-1-2-4-13(12)11-16/h1-11H,(H2,19,20,21). The van der Waals surface area contributed by atoms with Gasteiger partial charge in [-0.05, 0) is 47.2 Å². The molecule has 3 aromatic carbocycles. The largest absolute Gasteiger partial charge is 0.323 e. The van der Waals surface area contributed by atoms with Gasteiger partial charge in [0.05, 0.1) is 0 Å². The number of halogens is 1. The van der Waals surface area contributed by atoms with Gasteiger partial charge in [-0.1, -0.05) is 30.3 Å². The Kier molecular flexibility index (Phi) is 3.51. The third-order valence-corrected chi connectivity index (χ3v) is 3.11. The Labute approximate surface area is 121 Å². The van der Waals surface area contributed by atoms with Gasteiger partial charge in [-0.3, -0.25) is 0 Å². The van der Waals surface area contributed by atoms with Crippen LogP contribution in [0.1, 0.15) is 0 Å². The molecule has 3 nitrogen and oxygen atoms in total. The van der Waals surface area contributed by atoms with Crippen molar-refractivity contribution in [3.8, 4) is 0 Å². The molecule has 0 bridgehead atoms. The lowest BCUT2D eigenvalue weighted by Crippen LogP contribution is -2.19. The van der Waals surface area contributed by atoms with Gasteiger partial charge in [-0.2, -0.15) is 0 Å². The predicted octanol–water partition coefficient (Wildman–Crippen LogP) is 4.62. The van der Waals surface area contributed by atoms with Crippen LogP contribution in [0.3, 0.4) is 0 Å². The van der Waals surface area contributed by atoms with Gasteiger partial charge >= 0.3 is 6.03 Å². The van der Waals surface area contributed by atoms with E-state index in [9.17, 15) is 9.18 Å². The number of carbonyl (C=O) groups is 1. The normalized spacial score (nSPS) is 10.3. The van der Waals surface area contributed by atoms with Crippen LogP contribution in [0, 0.1) is 5.82 Å². The van der Waals surface area contributed by atoms with Gasteiger partial charge in [-0.15, -0.1) is 0 Å². The summed E-state index contributed by atoms with van der Waals surface area (Å²) in [6.07, 6.45) is 0. The molecule has 0 atom stereocenters. The molecule has 0 fully saturated rings. The Morgan fingerprint density at radius 2 is 1.38 bits per heavy atom. The first-order chi connectivity index (χ1) is 10.2. The highest BCUT2D eigenvalue weighted by molar-refractivity contribution is 6.01. The third-order valence-electron chi connectivity index (χ3n) is 3.11. The molecule has 0 aliphatic rings. The fraction of sp³-hybridized carbons (Fsp3) is 0. The highest BCUT2D eigenvalue weighted by Gasteiger charge is 2.03. The van der Waals surface area contributed by atoms with Crippen LogP contribution in [0.2, 0.25) is 0 Å². The van der Waals surface area contributed by atoms with E-state index in [1.54, 1.807) is 0 Å². The zero-order valence-electron chi connectivity index (χ0n) is 11.1. The van der Waals surface area contributed by atoms with E-state index in [1.165, 1.54) is 24.3 Å². The minimum Gasteiger partial charge on any atom is -0.308 e. The summed E-state index contributed by atoms with van der Waals surface area (Å²) in [5.74, 6) is -0.338. The molecular weight excluding hydrogens is 267 g/mol. The van der Waals surface area contributed by atoms with Gasteiger partial charge in [0.25, 0.3) is 0 Å². The molecule has 2 N–H and O–H groups in total. The monoisotopic (exact) mass is 280 g/mol. The summed E-state index contributed by atoms with van der Waals surface area (Å²) < 4.78 is 12.8. The maximum atomic E-state index is 12.8. The second-order valence-electron chi connectivity index (χ2n) is 4.65. The van der Waals surface area contributed by atoms with Gasteiger partial charge in [-0.25, -0.2) is 9.18 Å². The first-order valence-electron chi connectivity index (χ1n) is 6.53. The fourth-order valence-electron chi connectivity index (χ4n) is 2.09. The van der Waals surface area contributed by atoms with Crippen molar-refractivity contribution in [2.45, 2.75) is 0 Å². The lowest BCUT2D eigenvalue weighted by molar-refractivity contribution is 0.262. The van der Waals surface area contributed by atoms with Gasteiger partial charge in [0.2, 0.25) is 0 Å². The number of nitrogens with one attached hydrogen (secondary N) is 2. The molecular formula is C17H13FN2O. The summed E-state index contributed by atoms with van der Waals surface area (Å²) in [5, 5.41) is 7.57. The Balaban J connectivity index is 1.72. The molecule has 21 heavy (non-hydrogen) atoms. The van der Waals surface area contributed by atoms with E-state index in [2.05, 4.69) is 10.6 Å². The number of carbonyl (C=O) groups excluding carboxylic acids is 1. The van der Waals surface area contributed by atoms with Crippen molar-refractivity contribution in [2.24, 2.45) is 0 Å². The van der Waals surface area contributed by atoms with Gasteiger partial charge in [0, 0.05) is 11.4 Å². The van der Waals surface area contributed by atoms with E-state index >= 15 is 0 Å². The molecule has 3 rings (SSSR count). The number of urea groups is 1. The number of hydrogen-bond donors (Lipinski definition) is 2. The number of fused-ring (bicyclic) bond motifs is 1. The summed E-state index contributed by atoms with van der Waals surface area (Å²) in [7, 11) is 0. The third kappa shape index (κ3) is 3.17. The number of rotatable bonds is 2. The summed E-state index contributed by atoms with van der Waals surface area (Å²) in [5.41, 5.74) is 1.24. The quantitative estimate of drug-likeness (QED) is 0.706. The second kappa shape index (κ2) is 5.63. The zero-order valence-corrected chi connectivity index (χ0v) is 11.1. The molecule has 0 aliphatic heterocycles. The van der Waals surface area contributed by atoms with E-state index in [4.69, 9.17) is 0 Å². The number of benzene rings is 3. The SMILES string of the molecule is O=C(Nc1ccc(F)cc1)Nc1ccc2ccccc2c1. The zero-order chi connectivity index (χ0) is 14.7. The minimum atomic E-state index is -0.364. The van der Waals surface area contributed by atoms with Crippen molar-refractivity contribution in [2.75, 3.05) is 10.6 Å². The average Bonchev–Trinajstić information content (AvgIpc) is 2.49. The molecule has 104 valence electrons. The molecule has 0 unspecified atom stereocenters. The fourth-order valence-corrected chi connectivity index (χ4v) is 2.09. The van der Waals surface area contributed by atoms with E-state index < -0.39 is 0 Å². The number of anilines is 2. The van der Waals surface area contributed by atoms with Crippen LogP contribution >= 0.6 is 0 Å². The van der Waals surface area contributed by atoms with Crippen molar-refractivity contribution in [1.29, 1.82) is 0 Å². The number of hydrogen-bond acceptors (Lipinski definition) is 1. The number of amides is 2. The first-order valence-corrected chi connectivity index (χ1v) is 6.53. The van der Waals surface area contributed by atoms with Crippen molar-refractivity contribution < 1.29 is 9.18 Å². The summed E-state index contributed by atoms with van der Waals surface area (Å²) in [6, 6.07) is 18.9. The maximum Gasteiger partial charge on any atom is 0.323 e.